The van der Waals surface area contributed by atoms with Crippen LogP contribution < -0.4 is 5.32 Å². The van der Waals surface area contributed by atoms with E-state index < -0.39 is 0 Å². The van der Waals surface area contributed by atoms with Crippen LogP contribution >= 0.6 is 45.5 Å². The number of fused-ring (bicyclic) bond motifs is 1. The summed E-state index contributed by atoms with van der Waals surface area (Å²) in [5.74, 6) is 0.823. The lowest BCUT2D eigenvalue weighted by Crippen LogP contribution is -2.02. The third-order valence-electron chi connectivity index (χ3n) is 4.32. The second-order valence-electron chi connectivity index (χ2n) is 6.06. The standard InChI is InChI=1S/C20H15ClIN3OS/c1-12-5-4-7-15(21)17(12)23-19-18(14-6-2-3-8-16(14)22)24-20-25(19)13(9-10-26)11-27-20/h2-8,10-11,23H,9H2,1H3. The van der Waals surface area contributed by atoms with Crippen LogP contribution in [0.4, 0.5) is 11.5 Å². The van der Waals surface area contributed by atoms with E-state index in [-0.39, 0.29) is 0 Å². The Balaban J connectivity index is 1.98. The molecule has 0 unspecified atom stereocenters. The maximum atomic E-state index is 11.2. The number of halogens is 2. The second kappa shape index (κ2) is 7.61. The smallest absolute Gasteiger partial charge is 0.196 e. The minimum Gasteiger partial charge on any atom is -0.338 e. The van der Waals surface area contributed by atoms with Crippen molar-refractivity contribution in [2.24, 2.45) is 0 Å². The average molecular weight is 508 g/mol. The molecule has 2 aromatic heterocycles. The summed E-state index contributed by atoms with van der Waals surface area (Å²) in [6.07, 6.45) is 1.25. The van der Waals surface area contributed by atoms with Gasteiger partial charge in [-0.2, -0.15) is 0 Å². The van der Waals surface area contributed by atoms with Crippen molar-refractivity contribution in [3.63, 3.8) is 0 Å². The molecule has 4 rings (SSSR count). The molecule has 7 heteroatoms. The van der Waals surface area contributed by atoms with Gasteiger partial charge in [-0.15, -0.1) is 11.3 Å². The Bertz CT molecular complexity index is 1130. The zero-order chi connectivity index (χ0) is 19.0. The van der Waals surface area contributed by atoms with Gasteiger partial charge < -0.3 is 10.1 Å². The van der Waals surface area contributed by atoms with E-state index in [4.69, 9.17) is 16.6 Å². The minimum absolute atomic E-state index is 0.331. The number of aryl methyl sites for hydroxylation is 1. The summed E-state index contributed by atoms with van der Waals surface area (Å²) in [7, 11) is 0. The SMILES string of the molecule is Cc1cccc(Cl)c1Nc1c(-c2ccccc2I)nc2scc(CC=O)n12. The first-order chi connectivity index (χ1) is 13.1. The fraction of sp³-hybridized carbons (Fsp3) is 0.100. The summed E-state index contributed by atoms with van der Waals surface area (Å²) in [5.41, 5.74) is 4.67. The van der Waals surface area contributed by atoms with E-state index in [9.17, 15) is 4.79 Å². The molecular formula is C20H15ClIN3OS. The van der Waals surface area contributed by atoms with Gasteiger partial charge in [-0.3, -0.25) is 4.40 Å². The monoisotopic (exact) mass is 507 g/mol. The molecule has 0 atom stereocenters. The molecule has 4 aromatic rings. The third-order valence-corrected chi connectivity index (χ3v) is 6.45. The molecule has 0 aliphatic carbocycles. The van der Waals surface area contributed by atoms with E-state index in [1.165, 1.54) is 11.3 Å². The topological polar surface area (TPSA) is 46.4 Å². The van der Waals surface area contributed by atoms with Gasteiger partial charge in [0.05, 0.1) is 10.7 Å². The van der Waals surface area contributed by atoms with Crippen molar-refractivity contribution in [2.45, 2.75) is 13.3 Å². The average Bonchev–Trinajstić information content (AvgIpc) is 3.19. The maximum absolute atomic E-state index is 11.2. The van der Waals surface area contributed by atoms with Gasteiger partial charge in [-0.05, 0) is 47.2 Å². The number of rotatable bonds is 5. The molecule has 0 radical (unpaired) electrons. The lowest BCUT2D eigenvalue weighted by molar-refractivity contribution is -0.107. The fourth-order valence-corrected chi connectivity index (χ4v) is 4.82. The number of para-hydroxylation sites is 1. The molecule has 0 aliphatic heterocycles. The Labute approximate surface area is 179 Å². The van der Waals surface area contributed by atoms with Crippen LogP contribution in [0.1, 0.15) is 11.3 Å². The molecule has 0 spiro atoms. The largest absolute Gasteiger partial charge is 0.338 e. The molecule has 2 aromatic carbocycles. The van der Waals surface area contributed by atoms with E-state index in [1.54, 1.807) is 0 Å². The third kappa shape index (κ3) is 3.37. The van der Waals surface area contributed by atoms with Crippen molar-refractivity contribution < 1.29 is 4.79 Å². The predicted molar refractivity (Wildman–Crippen MR) is 120 cm³/mol. The molecule has 1 N–H and O–H groups in total. The van der Waals surface area contributed by atoms with Gasteiger partial charge in [0, 0.05) is 26.6 Å². The van der Waals surface area contributed by atoms with E-state index in [1.807, 2.05) is 47.0 Å². The predicted octanol–water partition coefficient (Wildman–Crippen LogP) is 6.11. The van der Waals surface area contributed by atoms with Gasteiger partial charge in [0.25, 0.3) is 0 Å². The molecule has 0 aliphatic rings. The molecule has 0 amide bonds. The van der Waals surface area contributed by atoms with Crippen LogP contribution in [-0.4, -0.2) is 15.7 Å². The highest BCUT2D eigenvalue weighted by atomic mass is 127. The van der Waals surface area contributed by atoms with Crippen molar-refractivity contribution >= 4 is 68.3 Å². The van der Waals surface area contributed by atoms with Gasteiger partial charge >= 0.3 is 0 Å². The first-order valence-corrected chi connectivity index (χ1v) is 10.6. The van der Waals surface area contributed by atoms with Crippen LogP contribution in [0.5, 0.6) is 0 Å². The van der Waals surface area contributed by atoms with Crippen LogP contribution in [0.2, 0.25) is 5.02 Å². The Morgan fingerprint density at radius 1 is 1.26 bits per heavy atom. The van der Waals surface area contributed by atoms with Crippen LogP contribution in [0.25, 0.3) is 16.2 Å². The molecule has 2 heterocycles. The van der Waals surface area contributed by atoms with E-state index in [2.05, 4.69) is 40.0 Å². The summed E-state index contributed by atoms with van der Waals surface area (Å²) in [6, 6.07) is 13.9. The zero-order valence-electron chi connectivity index (χ0n) is 14.4. The number of benzene rings is 2. The summed E-state index contributed by atoms with van der Waals surface area (Å²) in [4.78, 5) is 16.9. The lowest BCUT2D eigenvalue weighted by Gasteiger charge is -2.14. The van der Waals surface area contributed by atoms with Gasteiger partial charge in [0.1, 0.15) is 17.8 Å². The summed E-state index contributed by atoms with van der Waals surface area (Å²) >= 11 is 10.3. The number of imidazole rings is 1. The molecule has 0 fully saturated rings. The normalized spacial score (nSPS) is 11.1. The minimum atomic E-state index is 0.331. The molecule has 4 nitrogen and oxygen atoms in total. The number of carbonyl (C=O) groups is 1. The fourth-order valence-electron chi connectivity index (χ4n) is 3.01. The molecule has 136 valence electrons. The Hall–Kier alpha value is -1.90. The highest BCUT2D eigenvalue weighted by Gasteiger charge is 2.21. The van der Waals surface area contributed by atoms with E-state index >= 15 is 0 Å². The van der Waals surface area contributed by atoms with Crippen molar-refractivity contribution in [1.29, 1.82) is 0 Å². The number of thiazole rings is 1. The van der Waals surface area contributed by atoms with Gasteiger partial charge in [0.2, 0.25) is 0 Å². The summed E-state index contributed by atoms with van der Waals surface area (Å²) in [5, 5.41) is 6.12. The van der Waals surface area contributed by atoms with Crippen LogP contribution in [0.15, 0.2) is 47.8 Å². The number of aromatic nitrogens is 2. The van der Waals surface area contributed by atoms with E-state index in [0.717, 1.165) is 48.8 Å². The van der Waals surface area contributed by atoms with Gasteiger partial charge in [0.15, 0.2) is 4.96 Å². The Kier molecular flexibility index (Phi) is 5.21. The number of carbonyl (C=O) groups excluding carboxylic acids is 1. The van der Waals surface area contributed by atoms with Crippen molar-refractivity contribution in [1.82, 2.24) is 9.38 Å². The highest BCUT2D eigenvalue weighted by Crippen LogP contribution is 2.38. The molecular weight excluding hydrogens is 493 g/mol. The number of nitrogens with one attached hydrogen (secondary N) is 1. The van der Waals surface area contributed by atoms with Crippen molar-refractivity contribution in [3.05, 3.63) is 67.7 Å². The Morgan fingerprint density at radius 3 is 2.81 bits per heavy atom. The van der Waals surface area contributed by atoms with Crippen LogP contribution in [0, 0.1) is 10.5 Å². The van der Waals surface area contributed by atoms with E-state index in [0.29, 0.717) is 11.4 Å². The summed E-state index contributed by atoms with van der Waals surface area (Å²) < 4.78 is 3.12. The lowest BCUT2D eigenvalue weighted by atomic mass is 10.1. The molecule has 27 heavy (non-hydrogen) atoms. The number of anilines is 2. The first-order valence-electron chi connectivity index (χ1n) is 8.29. The first kappa shape index (κ1) is 18.5. The maximum Gasteiger partial charge on any atom is 0.196 e. The van der Waals surface area contributed by atoms with Crippen LogP contribution in [-0.2, 0) is 11.2 Å². The number of hydrogen-bond acceptors (Lipinski definition) is 4. The molecule has 0 saturated heterocycles. The van der Waals surface area contributed by atoms with Gasteiger partial charge in [-0.1, -0.05) is 41.9 Å². The molecule has 0 bridgehead atoms. The second-order valence-corrected chi connectivity index (χ2v) is 8.47. The molecule has 0 saturated carbocycles. The number of hydrogen-bond donors (Lipinski definition) is 1. The number of nitrogens with zero attached hydrogens (tertiary/aromatic N) is 2. The van der Waals surface area contributed by atoms with Crippen molar-refractivity contribution in [3.8, 4) is 11.3 Å². The number of aldehydes is 1. The highest BCUT2D eigenvalue weighted by molar-refractivity contribution is 14.1. The Morgan fingerprint density at radius 2 is 2.07 bits per heavy atom. The quantitative estimate of drug-likeness (QED) is 0.262. The van der Waals surface area contributed by atoms with Gasteiger partial charge in [-0.25, -0.2) is 4.98 Å². The van der Waals surface area contributed by atoms with Crippen molar-refractivity contribution in [2.75, 3.05) is 5.32 Å². The summed E-state index contributed by atoms with van der Waals surface area (Å²) in [6.45, 7) is 2.01. The van der Waals surface area contributed by atoms with Crippen LogP contribution in [0.3, 0.4) is 0 Å². The zero-order valence-corrected chi connectivity index (χ0v) is 18.1.